The Balaban J connectivity index is 1.60. The summed E-state index contributed by atoms with van der Waals surface area (Å²) < 4.78 is 6.05. The summed E-state index contributed by atoms with van der Waals surface area (Å²) in [7, 11) is 0. The normalized spacial score (nSPS) is 44.5. The van der Waals surface area contributed by atoms with E-state index in [1.54, 1.807) is 0 Å². The first-order valence-electron chi connectivity index (χ1n) is 7.29. The lowest BCUT2D eigenvalue weighted by Gasteiger charge is -2.54. The Bertz CT molecular complexity index is 424. The topological polar surface area (TPSA) is 74.8 Å². The molecule has 6 heteroatoms. The van der Waals surface area contributed by atoms with Gasteiger partial charge < -0.3 is 10.5 Å². The molecule has 6 unspecified atom stereocenters. The van der Waals surface area contributed by atoms with Crippen molar-refractivity contribution in [3.63, 3.8) is 0 Å². The molecule has 2 N–H and O–H groups in total. The second kappa shape index (κ2) is 5.34. The number of nitrogens with two attached hydrogens (primary N) is 1. The standard InChI is InChI=1S/C14H22N4O2/c1-3-4-11-9(2)7-12(19-11)18-6-5-10-13(16)17(8-15)14(10)20-18/h3,9-14H,1,4-7,16H2,2H3. The lowest BCUT2D eigenvalue weighted by atomic mass is 9.89. The van der Waals surface area contributed by atoms with Crippen LogP contribution in [0.5, 0.6) is 0 Å². The molecule has 0 aromatic carbocycles. The number of fused-ring (bicyclic) bond motifs is 1. The minimum atomic E-state index is -0.207. The van der Waals surface area contributed by atoms with Crippen molar-refractivity contribution in [2.45, 2.75) is 50.9 Å². The number of rotatable bonds is 3. The molecule has 110 valence electrons. The fourth-order valence-electron chi connectivity index (χ4n) is 3.39. The van der Waals surface area contributed by atoms with Gasteiger partial charge >= 0.3 is 0 Å². The molecule has 0 aliphatic carbocycles. The van der Waals surface area contributed by atoms with Crippen LogP contribution >= 0.6 is 0 Å². The number of hydrogen-bond donors (Lipinski definition) is 1. The van der Waals surface area contributed by atoms with Crippen LogP contribution in [0.3, 0.4) is 0 Å². The van der Waals surface area contributed by atoms with Gasteiger partial charge in [-0.25, -0.2) is 0 Å². The molecule has 6 nitrogen and oxygen atoms in total. The van der Waals surface area contributed by atoms with Crippen molar-refractivity contribution in [3.05, 3.63) is 12.7 Å². The molecule has 0 aromatic rings. The predicted octanol–water partition coefficient (Wildman–Crippen LogP) is 0.975. The molecule has 3 fully saturated rings. The third kappa shape index (κ3) is 2.11. The zero-order valence-corrected chi connectivity index (χ0v) is 11.8. The Labute approximate surface area is 119 Å². The lowest BCUT2D eigenvalue weighted by molar-refractivity contribution is -0.363. The third-order valence-corrected chi connectivity index (χ3v) is 4.70. The highest BCUT2D eigenvalue weighted by atomic mass is 16.7. The Morgan fingerprint density at radius 3 is 3.05 bits per heavy atom. The minimum absolute atomic E-state index is 0.0201. The Morgan fingerprint density at radius 2 is 2.35 bits per heavy atom. The van der Waals surface area contributed by atoms with Crippen molar-refractivity contribution in [1.29, 1.82) is 5.26 Å². The number of nitriles is 1. The van der Waals surface area contributed by atoms with Gasteiger partial charge in [0.15, 0.2) is 12.4 Å². The van der Waals surface area contributed by atoms with Crippen LogP contribution in [0.25, 0.3) is 0 Å². The fraction of sp³-hybridized carbons (Fsp3) is 0.786. The van der Waals surface area contributed by atoms with Crippen LogP contribution in [-0.2, 0) is 9.57 Å². The molecule has 6 atom stereocenters. The summed E-state index contributed by atoms with van der Waals surface area (Å²) in [6.07, 6.45) is 6.57. The highest BCUT2D eigenvalue weighted by Crippen LogP contribution is 2.39. The molecule has 0 saturated carbocycles. The zero-order valence-electron chi connectivity index (χ0n) is 11.8. The van der Waals surface area contributed by atoms with Gasteiger partial charge in [0.25, 0.3) is 0 Å². The molecule has 0 amide bonds. The van der Waals surface area contributed by atoms with E-state index in [0.717, 1.165) is 25.8 Å². The number of nitrogens with zero attached hydrogens (tertiary/aromatic N) is 3. The maximum atomic E-state index is 9.06. The van der Waals surface area contributed by atoms with Gasteiger partial charge in [-0.15, -0.1) is 6.58 Å². The summed E-state index contributed by atoms with van der Waals surface area (Å²) in [6, 6.07) is 0. The van der Waals surface area contributed by atoms with Crippen LogP contribution in [0.1, 0.15) is 26.2 Å². The molecule has 3 saturated heterocycles. The molecule has 3 aliphatic heterocycles. The average molecular weight is 278 g/mol. The van der Waals surface area contributed by atoms with E-state index >= 15 is 0 Å². The highest BCUT2D eigenvalue weighted by Gasteiger charge is 2.52. The molecule has 0 spiro atoms. The van der Waals surface area contributed by atoms with Gasteiger partial charge in [-0.2, -0.15) is 10.3 Å². The van der Waals surface area contributed by atoms with Crippen molar-refractivity contribution in [2.75, 3.05) is 6.54 Å². The van der Waals surface area contributed by atoms with Gasteiger partial charge in [-0.05, 0) is 25.2 Å². The molecular weight excluding hydrogens is 256 g/mol. The largest absolute Gasteiger partial charge is 0.357 e. The molecule has 3 heterocycles. The monoisotopic (exact) mass is 278 g/mol. The van der Waals surface area contributed by atoms with E-state index in [1.807, 2.05) is 11.1 Å². The van der Waals surface area contributed by atoms with Crippen molar-refractivity contribution in [3.8, 4) is 6.19 Å². The molecule has 0 radical (unpaired) electrons. The van der Waals surface area contributed by atoms with Crippen LogP contribution in [-0.4, -0.2) is 41.2 Å². The van der Waals surface area contributed by atoms with Crippen LogP contribution in [0.15, 0.2) is 12.7 Å². The fourth-order valence-corrected chi connectivity index (χ4v) is 3.39. The quantitative estimate of drug-likeness (QED) is 0.612. The second-order valence-corrected chi connectivity index (χ2v) is 5.95. The van der Waals surface area contributed by atoms with Crippen molar-refractivity contribution in [2.24, 2.45) is 17.6 Å². The first-order chi connectivity index (χ1) is 9.65. The molecule has 3 rings (SSSR count). The maximum Gasteiger partial charge on any atom is 0.183 e. The summed E-state index contributed by atoms with van der Waals surface area (Å²) in [4.78, 5) is 7.45. The number of ether oxygens (including phenoxy) is 1. The van der Waals surface area contributed by atoms with Crippen LogP contribution in [0.4, 0.5) is 0 Å². The first-order valence-corrected chi connectivity index (χ1v) is 7.29. The third-order valence-electron chi connectivity index (χ3n) is 4.70. The van der Waals surface area contributed by atoms with Crippen LogP contribution in [0, 0.1) is 23.3 Å². The SMILES string of the molecule is C=CCC1OC(N2CCC3C(N)N(C#N)C3O2)CC1C. The summed E-state index contributed by atoms with van der Waals surface area (Å²) in [6.45, 7) is 6.78. The van der Waals surface area contributed by atoms with E-state index in [9.17, 15) is 0 Å². The van der Waals surface area contributed by atoms with Gasteiger partial charge in [0.2, 0.25) is 0 Å². The smallest absolute Gasteiger partial charge is 0.183 e. The Kier molecular flexibility index (Phi) is 3.69. The van der Waals surface area contributed by atoms with E-state index in [1.165, 1.54) is 4.90 Å². The van der Waals surface area contributed by atoms with E-state index < -0.39 is 0 Å². The van der Waals surface area contributed by atoms with Crippen molar-refractivity contribution >= 4 is 0 Å². The average Bonchev–Trinajstić information content (AvgIpc) is 2.80. The van der Waals surface area contributed by atoms with E-state index in [2.05, 4.69) is 19.7 Å². The molecule has 20 heavy (non-hydrogen) atoms. The van der Waals surface area contributed by atoms with Gasteiger partial charge in [-0.1, -0.05) is 13.0 Å². The predicted molar refractivity (Wildman–Crippen MR) is 72.4 cm³/mol. The number of hydroxylamine groups is 2. The van der Waals surface area contributed by atoms with Crippen molar-refractivity contribution in [1.82, 2.24) is 9.96 Å². The number of likely N-dealkylation sites (tertiary alicyclic amines) is 1. The van der Waals surface area contributed by atoms with Crippen LogP contribution < -0.4 is 5.73 Å². The molecule has 3 aliphatic rings. The summed E-state index contributed by atoms with van der Waals surface area (Å²) in [5.74, 6) is 0.753. The van der Waals surface area contributed by atoms with Crippen LogP contribution in [0.2, 0.25) is 0 Å². The summed E-state index contributed by atoms with van der Waals surface area (Å²) in [5.41, 5.74) is 5.93. The minimum Gasteiger partial charge on any atom is -0.357 e. The van der Waals surface area contributed by atoms with Gasteiger partial charge in [0.05, 0.1) is 12.3 Å². The zero-order chi connectivity index (χ0) is 14.3. The first kappa shape index (κ1) is 13.8. The Hall–Kier alpha value is -1.13. The van der Waals surface area contributed by atoms with E-state index in [0.29, 0.717) is 5.92 Å². The maximum absolute atomic E-state index is 9.06. The summed E-state index contributed by atoms with van der Waals surface area (Å²) in [5, 5.41) is 11.0. The van der Waals surface area contributed by atoms with Gasteiger partial charge in [0, 0.05) is 12.5 Å². The molecular formula is C14H22N4O2. The van der Waals surface area contributed by atoms with E-state index in [-0.39, 0.29) is 30.6 Å². The highest BCUT2D eigenvalue weighted by molar-refractivity contribution is 5.01. The van der Waals surface area contributed by atoms with Gasteiger partial charge in [0.1, 0.15) is 6.23 Å². The second-order valence-electron chi connectivity index (χ2n) is 5.95. The molecule has 0 bridgehead atoms. The van der Waals surface area contributed by atoms with E-state index in [4.69, 9.17) is 20.6 Å². The van der Waals surface area contributed by atoms with Crippen molar-refractivity contribution < 1.29 is 9.57 Å². The lowest BCUT2D eigenvalue weighted by Crippen LogP contribution is -2.70. The number of hydrogen-bond acceptors (Lipinski definition) is 6. The van der Waals surface area contributed by atoms with Gasteiger partial charge in [-0.3, -0.25) is 9.74 Å². The Morgan fingerprint density at radius 1 is 1.55 bits per heavy atom. The molecule has 0 aromatic heterocycles. The summed E-state index contributed by atoms with van der Waals surface area (Å²) >= 11 is 0.